The average Bonchev–Trinajstić information content (AvgIpc) is 2.50. The van der Waals surface area contributed by atoms with Gasteiger partial charge in [-0.2, -0.15) is 11.8 Å². The minimum Gasteiger partial charge on any atom is -0.467 e. The standard InChI is InChI=1S/C17H27NO2S/c1-5-6-12-21-13-17(16(19)20-4,18-14(2)3)15-10-8-7-9-11-15/h7-11,14,18H,5-6,12-13H2,1-4H3. The normalized spacial score (nSPS) is 14.0. The van der Waals surface area contributed by atoms with Crippen LogP contribution >= 0.6 is 11.8 Å². The summed E-state index contributed by atoms with van der Waals surface area (Å²) in [7, 11) is 1.46. The Kier molecular flexibility index (Phi) is 7.83. The Balaban J connectivity index is 3.06. The number of nitrogens with one attached hydrogen (secondary N) is 1. The summed E-state index contributed by atoms with van der Waals surface area (Å²) in [6, 6.07) is 10.1. The van der Waals surface area contributed by atoms with E-state index < -0.39 is 5.54 Å². The highest BCUT2D eigenvalue weighted by Gasteiger charge is 2.41. The van der Waals surface area contributed by atoms with Crippen LogP contribution in [0.4, 0.5) is 0 Å². The first kappa shape index (κ1) is 18.1. The number of hydrogen-bond acceptors (Lipinski definition) is 4. The summed E-state index contributed by atoms with van der Waals surface area (Å²) in [5.74, 6) is 1.52. The lowest BCUT2D eigenvalue weighted by Gasteiger charge is -2.34. The molecule has 1 unspecified atom stereocenters. The number of methoxy groups -OCH3 is 1. The molecule has 1 aromatic carbocycles. The quantitative estimate of drug-likeness (QED) is 0.559. The molecular weight excluding hydrogens is 282 g/mol. The molecule has 0 amide bonds. The second-order valence-electron chi connectivity index (χ2n) is 5.47. The van der Waals surface area contributed by atoms with Gasteiger partial charge in [0.05, 0.1) is 7.11 Å². The summed E-state index contributed by atoms with van der Waals surface area (Å²) in [5.41, 5.74) is 0.192. The highest BCUT2D eigenvalue weighted by molar-refractivity contribution is 7.99. The van der Waals surface area contributed by atoms with Crippen LogP contribution in [0.5, 0.6) is 0 Å². The Labute approximate surface area is 132 Å². The van der Waals surface area contributed by atoms with E-state index in [4.69, 9.17) is 4.74 Å². The van der Waals surface area contributed by atoms with Crippen molar-refractivity contribution in [2.24, 2.45) is 0 Å². The monoisotopic (exact) mass is 309 g/mol. The molecule has 0 saturated heterocycles. The van der Waals surface area contributed by atoms with Crippen molar-refractivity contribution in [2.45, 2.75) is 45.2 Å². The summed E-state index contributed by atoms with van der Waals surface area (Å²) in [4.78, 5) is 12.5. The Hall–Kier alpha value is -1.00. The van der Waals surface area contributed by atoms with Gasteiger partial charge in [-0.25, -0.2) is 4.79 Å². The number of carbonyl (C=O) groups is 1. The maximum absolute atomic E-state index is 12.5. The SMILES string of the molecule is CCCCSCC(NC(C)C)(C(=O)OC)c1ccccc1. The third kappa shape index (κ3) is 5.04. The number of thioether (sulfide) groups is 1. The molecule has 0 saturated carbocycles. The van der Waals surface area contributed by atoms with E-state index in [9.17, 15) is 4.79 Å². The van der Waals surface area contributed by atoms with E-state index in [1.54, 1.807) is 11.8 Å². The van der Waals surface area contributed by atoms with Crippen LogP contribution in [0.3, 0.4) is 0 Å². The number of esters is 1. The third-order valence-electron chi connectivity index (χ3n) is 3.30. The molecule has 1 atom stereocenters. The van der Waals surface area contributed by atoms with Gasteiger partial charge in [-0.1, -0.05) is 43.7 Å². The summed E-state index contributed by atoms with van der Waals surface area (Å²) >= 11 is 1.80. The first-order valence-corrected chi connectivity index (χ1v) is 8.71. The van der Waals surface area contributed by atoms with Crippen LogP contribution in [0.1, 0.15) is 39.2 Å². The second-order valence-corrected chi connectivity index (χ2v) is 6.57. The fourth-order valence-corrected chi connectivity index (χ4v) is 3.62. The third-order valence-corrected chi connectivity index (χ3v) is 4.51. The lowest BCUT2D eigenvalue weighted by atomic mass is 9.91. The molecule has 0 heterocycles. The zero-order valence-corrected chi connectivity index (χ0v) is 14.3. The average molecular weight is 309 g/mol. The number of ether oxygens (including phenoxy) is 1. The van der Waals surface area contributed by atoms with Crippen LogP contribution in [-0.4, -0.2) is 30.6 Å². The molecule has 118 valence electrons. The van der Waals surface area contributed by atoms with Crippen LogP contribution in [0, 0.1) is 0 Å². The fourth-order valence-electron chi connectivity index (χ4n) is 2.31. The van der Waals surface area contributed by atoms with E-state index >= 15 is 0 Å². The molecule has 0 radical (unpaired) electrons. The largest absolute Gasteiger partial charge is 0.467 e. The second kappa shape index (κ2) is 9.11. The molecule has 0 aromatic heterocycles. The molecule has 1 aromatic rings. The van der Waals surface area contributed by atoms with Crippen molar-refractivity contribution in [1.29, 1.82) is 0 Å². The highest BCUT2D eigenvalue weighted by atomic mass is 32.2. The Morgan fingerprint density at radius 3 is 2.52 bits per heavy atom. The minimum atomic E-state index is -0.775. The summed E-state index contributed by atoms with van der Waals surface area (Å²) in [5, 5.41) is 3.44. The number of benzene rings is 1. The predicted molar refractivity (Wildman–Crippen MR) is 90.6 cm³/mol. The molecule has 4 heteroatoms. The molecule has 0 aliphatic rings. The minimum absolute atomic E-state index is 0.191. The molecule has 21 heavy (non-hydrogen) atoms. The Morgan fingerprint density at radius 1 is 1.33 bits per heavy atom. The van der Waals surface area contributed by atoms with Gasteiger partial charge >= 0.3 is 5.97 Å². The molecule has 0 aliphatic heterocycles. The topological polar surface area (TPSA) is 38.3 Å². The lowest BCUT2D eigenvalue weighted by Crippen LogP contribution is -2.54. The molecule has 0 aliphatic carbocycles. The van der Waals surface area contributed by atoms with E-state index in [1.165, 1.54) is 20.0 Å². The van der Waals surface area contributed by atoms with Gasteiger partial charge in [0.2, 0.25) is 0 Å². The van der Waals surface area contributed by atoms with Crippen molar-refractivity contribution in [3.05, 3.63) is 35.9 Å². The summed E-state index contributed by atoms with van der Waals surface area (Å²) in [6.07, 6.45) is 2.33. The maximum Gasteiger partial charge on any atom is 0.331 e. The van der Waals surface area contributed by atoms with Crippen molar-refractivity contribution in [1.82, 2.24) is 5.32 Å². The molecule has 0 fully saturated rings. The fraction of sp³-hybridized carbons (Fsp3) is 0.588. The van der Waals surface area contributed by atoms with Crippen molar-refractivity contribution in [3.8, 4) is 0 Å². The van der Waals surface area contributed by atoms with Gasteiger partial charge in [-0.15, -0.1) is 0 Å². The molecule has 1 N–H and O–H groups in total. The van der Waals surface area contributed by atoms with Gasteiger partial charge in [0.25, 0.3) is 0 Å². The smallest absolute Gasteiger partial charge is 0.331 e. The van der Waals surface area contributed by atoms with Gasteiger partial charge in [-0.3, -0.25) is 5.32 Å². The van der Waals surface area contributed by atoms with Crippen LogP contribution in [0.15, 0.2) is 30.3 Å². The molecule has 0 bridgehead atoms. The van der Waals surface area contributed by atoms with Crippen molar-refractivity contribution in [2.75, 3.05) is 18.6 Å². The van der Waals surface area contributed by atoms with E-state index in [0.717, 1.165) is 11.3 Å². The van der Waals surface area contributed by atoms with Gasteiger partial charge in [0.15, 0.2) is 5.54 Å². The zero-order valence-electron chi connectivity index (χ0n) is 13.5. The summed E-state index contributed by atoms with van der Waals surface area (Å²) < 4.78 is 5.11. The lowest BCUT2D eigenvalue weighted by molar-refractivity contribution is -0.148. The van der Waals surface area contributed by atoms with Gasteiger partial charge < -0.3 is 4.74 Å². The molecule has 1 rings (SSSR count). The molecule has 0 spiro atoms. The molecular formula is C17H27NO2S. The number of carbonyl (C=O) groups excluding carboxylic acids is 1. The van der Waals surface area contributed by atoms with E-state index in [0.29, 0.717) is 5.75 Å². The Bertz CT molecular complexity index is 422. The van der Waals surface area contributed by atoms with Gasteiger partial charge in [-0.05, 0) is 31.6 Å². The van der Waals surface area contributed by atoms with E-state index in [1.807, 2.05) is 30.3 Å². The Morgan fingerprint density at radius 2 is 2.00 bits per heavy atom. The van der Waals surface area contributed by atoms with E-state index in [-0.39, 0.29) is 12.0 Å². The maximum atomic E-state index is 12.5. The number of hydrogen-bond donors (Lipinski definition) is 1. The van der Waals surface area contributed by atoms with E-state index in [2.05, 4.69) is 26.1 Å². The number of unbranched alkanes of at least 4 members (excludes halogenated alkanes) is 1. The van der Waals surface area contributed by atoms with Crippen LogP contribution in [0.25, 0.3) is 0 Å². The van der Waals surface area contributed by atoms with Crippen LogP contribution in [-0.2, 0) is 15.1 Å². The highest BCUT2D eigenvalue weighted by Crippen LogP contribution is 2.28. The molecule has 3 nitrogen and oxygen atoms in total. The van der Waals surface area contributed by atoms with Gasteiger partial charge in [0.1, 0.15) is 0 Å². The first-order chi connectivity index (χ1) is 10.1. The van der Waals surface area contributed by atoms with Crippen LogP contribution in [0.2, 0.25) is 0 Å². The van der Waals surface area contributed by atoms with Crippen LogP contribution < -0.4 is 5.32 Å². The zero-order chi connectivity index (χ0) is 15.7. The summed E-state index contributed by atoms with van der Waals surface area (Å²) in [6.45, 7) is 6.28. The predicted octanol–water partition coefficient (Wildman–Crippen LogP) is 3.59. The van der Waals surface area contributed by atoms with Crippen molar-refractivity contribution >= 4 is 17.7 Å². The van der Waals surface area contributed by atoms with Gasteiger partial charge in [0, 0.05) is 11.8 Å². The first-order valence-electron chi connectivity index (χ1n) is 7.56. The van der Waals surface area contributed by atoms with Crippen molar-refractivity contribution in [3.63, 3.8) is 0 Å². The van der Waals surface area contributed by atoms with Crippen molar-refractivity contribution < 1.29 is 9.53 Å². The number of rotatable bonds is 9.